The zero-order valence-electron chi connectivity index (χ0n) is 8.70. The molecule has 80 valence electrons. The van der Waals surface area contributed by atoms with Crippen molar-refractivity contribution in [3.05, 3.63) is 22.3 Å². The molecule has 4 nitrogen and oxygen atoms in total. The third-order valence-electron chi connectivity index (χ3n) is 2.28. The van der Waals surface area contributed by atoms with Gasteiger partial charge < -0.3 is 9.74 Å². The van der Waals surface area contributed by atoms with Crippen molar-refractivity contribution in [3.63, 3.8) is 0 Å². The highest BCUT2D eigenvalue weighted by molar-refractivity contribution is 9.10. The highest BCUT2D eigenvalue weighted by atomic mass is 79.9. The second kappa shape index (κ2) is 4.18. The van der Waals surface area contributed by atoms with E-state index in [0.29, 0.717) is 0 Å². The van der Waals surface area contributed by atoms with Gasteiger partial charge in [0.25, 0.3) is 0 Å². The predicted molar refractivity (Wildman–Crippen MR) is 63.3 cm³/mol. The number of rotatable bonds is 2. The van der Waals surface area contributed by atoms with E-state index >= 15 is 0 Å². The number of aromatic nitrogens is 1. The van der Waals surface area contributed by atoms with Crippen LogP contribution in [0.25, 0.3) is 0 Å². The van der Waals surface area contributed by atoms with Crippen molar-refractivity contribution < 1.29 is 4.84 Å². The van der Waals surface area contributed by atoms with Gasteiger partial charge in [0.2, 0.25) is 0 Å². The largest absolute Gasteiger partial charge is 0.399 e. The van der Waals surface area contributed by atoms with Crippen LogP contribution in [0.2, 0.25) is 0 Å². The Kier molecular flexibility index (Phi) is 2.90. The molecule has 15 heavy (non-hydrogen) atoms. The Morgan fingerprint density at radius 3 is 2.87 bits per heavy atom. The predicted octanol–water partition coefficient (Wildman–Crippen LogP) is 1.97. The smallest absolute Gasteiger partial charge is 0.132 e. The van der Waals surface area contributed by atoms with Crippen LogP contribution in [0.15, 0.2) is 21.9 Å². The molecule has 1 aromatic heterocycles. The number of oxime groups is 1. The van der Waals surface area contributed by atoms with E-state index in [1.54, 1.807) is 7.11 Å². The molecule has 2 rings (SSSR count). The Labute approximate surface area is 97.1 Å². The average molecular weight is 270 g/mol. The lowest BCUT2D eigenvalue weighted by atomic mass is 10.1. The summed E-state index contributed by atoms with van der Waals surface area (Å²) < 4.78 is 1.01. The van der Waals surface area contributed by atoms with Gasteiger partial charge in [-0.15, -0.1) is 0 Å². The Balaban J connectivity index is 2.10. The fourth-order valence-corrected chi connectivity index (χ4v) is 2.04. The van der Waals surface area contributed by atoms with Crippen LogP contribution in [0.5, 0.6) is 0 Å². The molecule has 5 heteroatoms. The quantitative estimate of drug-likeness (QED) is 0.771. The first-order chi connectivity index (χ1) is 7.20. The van der Waals surface area contributed by atoms with E-state index < -0.39 is 0 Å². The minimum Gasteiger partial charge on any atom is -0.399 e. The summed E-state index contributed by atoms with van der Waals surface area (Å²) in [5.74, 6) is 1.02. The van der Waals surface area contributed by atoms with Crippen molar-refractivity contribution in [2.24, 2.45) is 5.16 Å². The Bertz CT molecular complexity index is 398. The lowest BCUT2D eigenvalue weighted by molar-refractivity contribution is 0.211. The van der Waals surface area contributed by atoms with Gasteiger partial charge in [0.15, 0.2) is 0 Å². The van der Waals surface area contributed by atoms with Crippen molar-refractivity contribution in [1.29, 1.82) is 0 Å². The van der Waals surface area contributed by atoms with Crippen LogP contribution in [-0.4, -0.2) is 30.9 Å². The van der Waals surface area contributed by atoms with Gasteiger partial charge in [-0.2, -0.15) is 0 Å². The molecule has 0 aromatic carbocycles. The molecule has 2 heterocycles. The van der Waals surface area contributed by atoms with Gasteiger partial charge in [-0.05, 0) is 34.5 Å². The molecular formula is C10H12BrN3O. The molecule has 0 radical (unpaired) electrons. The van der Waals surface area contributed by atoms with Crippen LogP contribution in [0.3, 0.4) is 0 Å². The van der Waals surface area contributed by atoms with Gasteiger partial charge >= 0.3 is 0 Å². The number of pyridine rings is 1. The molecule has 1 saturated heterocycles. The summed E-state index contributed by atoms with van der Waals surface area (Å²) in [5.41, 5.74) is 2.22. The lowest BCUT2D eigenvalue weighted by Gasteiger charge is -2.33. The molecule has 1 fully saturated rings. The number of anilines is 1. The van der Waals surface area contributed by atoms with Gasteiger partial charge in [-0.25, -0.2) is 4.98 Å². The summed E-state index contributed by atoms with van der Waals surface area (Å²) in [7, 11) is 1.57. The van der Waals surface area contributed by atoms with Crippen LogP contribution in [0.1, 0.15) is 5.56 Å². The highest BCUT2D eigenvalue weighted by Gasteiger charge is 2.24. The van der Waals surface area contributed by atoms with Gasteiger partial charge in [0.1, 0.15) is 12.9 Å². The third kappa shape index (κ3) is 2.12. The second-order valence-electron chi connectivity index (χ2n) is 3.49. The summed E-state index contributed by atoms with van der Waals surface area (Å²) in [6, 6.07) is 2.06. The Hall–Kier alpha value is -1.10. The van der Waals surface area contributed by atoms with Crippen LogP contribution in [0, 0.1) is 6.92 Å². The van der Waals surface area contributed by atoms with E-state index in [-0.39, 0.29) is 0 Å². The van der Waals surface area contributed by atoms with E-state index in [9.17, 15) is 0 Å². The molecule has 1 aromatic rings. The molecule has 0 bridgehead atoms. The van der Waals surface area contributed by atoms with Crippen molar-refractivity contribution in [2.45, 2.75) is 6.92 Å². The fraction of sp³-hybridized carbons (Fsp3) is 0.400. The maximum absolute atomic E-state index is 4.71. The molecule has 1 aliphatic rings. The van der Waals surface area contributed by atoms with Gasteiger partial charge in [-0.1, -0.05) is 5.16 Å². The standard InChI is InChI=1S/C10H12BrN3O/c1-7-3-8(11)4-12-10(7)14-5-9(6-14)13-15-2/h3-4H,5-6H2,1-2H3. The van der Waals surface area contributed by atoms with Crippen LogP contribution >= 0.6 is 15.9 Å². The minimum atomic E-state index is 0.809. The number of hydrogen-bond acceptors (Lipinski definition) is 4. The summed E-state index contributed by atoms with van der Waals surface area (Å²) in [5, 5.41) is 3.89. The minimum absolute atomic E-state index is 0.809. The number of halogens is 1. The van der Waals surface area contributed by atoms with Gasteiger partial charge in [0, 0.05) is 10.7 Å². The first kappa shape index (κ1) is 10.4. The lowest BCUT2D eigenvalue weighted by Crippen LogP contribution is -2.48. The van der Waals surface area contributed by atoms with E-state index in [2.05, 4.69) is 44.0 Å². The summed E-state index contributed by atoms with van der Waals surface area (Å²) >= 11 is 3.40. The molecule has 0 amide bonds. The molecule has 1 aliphatic heterocycles. The molecule has 0 atom stereocenters. The molecule has 0 unspecified atom stereocenters. The molecule has 0 N–H and O–H groups in total. The monoisotopic (exact) mass is 269 g/mol. The third-order valence-corrected chi connectivity index (χ3v) is 2.72. The second-order valence-corrected chi connectivity index (χ2v) is 4.41. The average Bonchev–Trinajstić information content (AvgIpc) is 2.12. The fourth-order valence-electron chi connectivity index (χ4n) is 1.60. The van der Waals surface area contributed by atoms with Gasteiger partial charge in [-0.3, -0.25) is 0 Å². The van der Waals surface area contributed by atoms with Crippen molar-refractivity contribution in [2.75, 3.05) is 25.1 Å². The topological polar surface area (TPSA) is 37.7 Å². The van der Waals surface area contributed by atoms with Crippen molar-refractivity contribution in [3.8, 4) is 0 Å². The van der Waals surface area contributed by atoms with E-state index in [1.807, 2.05) is 6.20 Å². The normalized spacial score (nSPS) is 14.9. The molecule has 0 spiro atoms. The molecular weight excluding hydrogens is 258 g/mol. The van der Waals surface area contributed by atoms with E-state index in [0.717, 1.165) is 29.1 Å². The maximum atomic E-state index is 4.71. The first-order valence-corrected chi connectivity index (χ1v) is 5.46. The van der Waals surface area contributed by atoms with E-state index in [1.165, 1.54) is 5.56 Å². The first-order valence-electron chi connectivity index (χ1n) is 4.66. The molecule has 0 saturated carbocycles. The van der Waals surface area contributed by atoms with Crippen molar-refractivity contribution >= 4 is 27.5 Å². The zero-order chi connectivity index (χ0) is 10.8. The van der Waals surface area contributed by atoms with Crippen molar-refractivity contribution in [1.82, 2.24) is 4.98 Å². The summed E-state index contributed by atoms with van der Waals surface area (Å²) in [6.07, 6.45) is 1.81. The maximum Gasteiger partial charge on any atom is 0.132 e. The zero-order valence-corrected chi connectivity index (χ0v) is 10.3. The van der Waals surface area contributed by atoms with Crippen LogP contribution in [-0.2, 0) is 4.84 Å². The highest BCUT2D eigenvalue weighted by Crippen LogP contribution is 2.23. The summed E-state index contributed by atoms with van der Waals surface area (Å²) in [6.45, 7) is 3.67. The Morgan fingerprint density at radius 2 is 2.27 bits per heavy atom. The van der Waals surface area contributed by atoms with E-state index in [4.69, 9.17) is 4.84 Å². The summed E-state index contributed by atoms with van der Waals surface area (Å²) in [4.78, 5) is 11.3. The molecule has 0 aliphatic carbocycles. The number of aryl methyl sites for hydroxylation is 1. The van der Waals surface area contributed by atoms with Crippen LogP contribution < -0.4 is 4.90 Å². The SMILES string of the molecule is CON=C1CN(c2ncc(Br)cc2C)C1. The number of hydrogen-bond donors (Lipinski definition) is 0. The Morgan fingerprint density at radius 1 is 1.53 bits per heavy atom. The number of nitrogens with zero attached hydrogens (tertiary/aromatic N) is 3. The van der Waals surface area contributed by atoms with Crippen LogP contribution in [0.4, 0.5) is 5.82 Å². The van der Waals surface area contributed by atoms with Gasteiger partial charge in [0.05, 0.1) is 18.8 Å².